The molecule has 0 atom stereocenters. The molecule has 2 aromatic heterocycles. The first kappa shape index (κ1) is 14.1. The number of rotatable bonds is 2. The number of anilines is 2. The minimum Gasteiger partial charge on any atom is -0.336 e. The zero-order valence-electron chi connectivity index (χ0n) is 10.2. The molecule has 0 spiro atoms. The fourth-order valence-electron chi connectivity index (χ4n) is 1.76. The fraction of sp³-hybridized carbons (Fsp3) is 0. The van der Waals surface area contributed by atoms with Crippen molar-refractivity contribution >= 4 is 50.1 Å². The first-order valence-corrected chi connectivity index (χ1v) is 6.91. The molecule has 0 amide bonds. The Morgan fingerprint density at radius 1 is 1.19 bits per heavy atom. The van der Waals surface area contributed by atoms with E-state index in [2.05, 4.69) is 36.2 Å². The van der Waals surface area contributed by atoms with Gasteiger partial charge in [-0.2, -0.15) is 0 Å². The molecule has 8 heteroatoms. The normalized spacial score (nSPS) is 10.9. The highest BCUT2D eigenvalue weighted by Crippen LogP contribution is 2.28. The van der Waals surface area contributed by atoms with Gasteiger partial charge in [-0.15, -0.1) is 0 Å². The average molecular weight is 372 g/mol. The Labute approximate surface area is 131 Å². The highest BCUT2D eigenvalue weighted by molar-refractivity contribution is 9.10. The zero-order valence-corrected chi connectivity index (χ0v) is 12.6. The molecule has 2 heterocycles. The third-order valence-corrected chi connectivity index (χ3v) is 3.57. The number of nitrogens with one attached hydrogen (secondary N) is 1. The van der Waals surface area contributed by atoms with Crippen molar-refractivity contribution in [3.8, 4) is 0 Å². The summed E-state index contributed by atoms with van der Waals surface area (Å²) in [6.07, 6.45) is 1.24. The number of benzene rings is 1. The lowest BCUT2D eigenvalue weighted by molar-refractivity contribution is 0.615. The van der Waals surface area contributed by atoms with Crippen LogP contribution in [-0.2, 0) is 0 Å². The SMILES string of the molecule is Fc1cc2ncnc(Nc3cccc(Cl)c3F)c2nc1Br. The minimum atomic E-state index is -0.605. The molecule has 106 valence electrons. The molecule has 0 saturated carbocycles. The lowest BCUT2D eigenvalue weighted by Crippen LogP contribution is -2.00. The molecule has 21 heavy (non-hydrogen) atoms. The van der Waals surface area contributed by atoms with Crippen molar-refractivity contribution in [3.05, 3.63) is 51.9 Å². The van der Waals surface area contributed by atoms with Gasteiger partial charge in [-0.25, -0.2) is 23.7 Å². The van der Waals surface area contributed by atoms with Crippen molar-refractivity contribution < 1.29 is 8.78 Å². The van der Waals surface area contributed by atoms with Gasteiger partial charge in [-0.1, -0.05) is 17.7 Å². The van der Waals surface area contributed by atoms with Crippen molar-refractivity contribution in [3.63, 3.8) is 0 Å². The molecule has 0 fully saturated rings. The van der Waals surface area contributed by atoms with E-state index in [4.69, 9.17) is 11.6 Å². The number of hydrogen-bond acceptors (Lipinski definition) is 4. The molecule has 0 saturated heterocycles. The van der Waals surface area contributed by atoms with Crippen LogP contribution in [-0.4, -0.2) is 15.0 Å². The van der Waals surface area contributed by atoms with Crippen LogP contribution in [0.1, 0.15) is 0 Å². The topological polar surface area (TPSA) is 50.7 Å². The molecule has 0 aliphatic heterocycles. The van der Waals surface area contributed by atoms with Gasteiger partial charge in [-0.05, 0) is 28.1 Å². The quantitative estimate of drug-likeness (QED) is 0.676. The summed E-state index contributed by atoms with van der Waals surface area (Å²) in [5.41, 5.74) is 0.755. The number of hydrogen-bond donors (Lipinski definition) is 1. The average Bonchev–Trinajstić information content (AvgIpc) is 2.46. The maximum absolute atomic E-state index is 13.9. The van der Waals surface area contributed by atoms with Crippen LogP contribution in [0.25, 0.3) is 11.0 Å². The lowest BCUT2D eigenvalue weighted by atomic mass is 10.3. The number of aromatic nitrogens is 3. The Morgan fingerprint density at radius 3 is 2.81 bits per heavy atom. The second-order valence-corrected chi connectivity index (χ2v) is 5.24. The zero-order chi connectivity index (χ0) is 15.0. The standard InChI is InChI=1S/C13H6BrClF2N4/c14-12-7(16)4-9-11(21-12)13(19-5-18-9)20-8-3-1-2-6(15)10(8)17/h1-5H,(H,18,19,20). The Kier molecular flexibility index (Phi) is 3.69. The van der Waals surface area contributed by atoms with Crippen LogP contribution in [0, 0.1) is 11.6 Å². The van der Waals surface area contributed by atoms with Gasteiger partial charge in [0.2, 0.25) is 0 Å². The number of nitrogens with zero attached hydrogens (tertiary/aromatic N) is 3. The smallest absolute Gasteiger partial charge is 0.165 e. The Hall–Kier alpha value is -1.86. The van der Waals surface area contributed by atoms with Crippen molar-refractivity contribution in [2.75, 3.05) is 5.32 Å². The molecule has 0 radical (unpaired) electrons. The van der Waals surface area contributed by atoms with Crippen molar-refractivity contribution in [1.29, 1.82) is 0 Å². The second kappa shape index (κ2) is 5.50. The second-order valence-electron chi connectivity index (χ2n) is 4.08. The van der Waals surface area contributed by atoms with E-state index in [0.717, 1.165) is 0 Å². The van der Waals surface area contributed by atoms with Gasteiger partial charge in [0.25, 0.3) is 0 Å². The highest BCUT2D eigenvalue weighted by Gasteiger charge is 2.12. The number of pyridine rings is 1. The number of fused-ring (bicyclic) bond motifs is 1. The lowest BCUT2D eigenvalue weighted by Gasteiger charge is -2.09. The van der Waals surface area contributed by atoms with E-state index < -0.39 is 11.6 Å². The van der Waals surface area contributed by atoms with Crippen LogP contribution >= 0.6 is 27.5 Å². The van der Waals surface area contributed by atoms with Crippen LogP contribution in [0.5, 0.6) is 0 Å². The third-order valence-electron chi connectivity index (χ3n) is 2.73. The summed E-state index contributed by atoms with van der Waals surface area (Å²) in [5, 5.41) is 2.77. The van der Waals surface area contributed by atoms with Crippen molar-refractivity contribution in [2.45, 2.75) is 0 Å². The molecular formula is C13H6BrClF2N4. The first-order chi connectivity index (χ1) is 10.1. The highest BCUT2D eigenvalue weighted by atomic mass is 79.9. The van der Waals surface area contributed by atoms with E-state index in [1.807, 2.05) is 0 Å². The summed E-state index contributed by atoms with van der Waals surface area (Å²) < 4.78 is 27.4. The van der Waals surface area contributed by atoms with E-state index in [9.17, 15) is 8.78 Å². The molecule has 0 unspecified atom stereocenters. The summed E-state index contributed by atoms with van der Waals surface area (Å²) in [5.74, 6) is -0.893. The van der Waals surface area contributed by atoms with E-state index in [-0.39, 0.29) is 21.1 Å². The maximum Gasteiger partial charge on any atom is 0.165 e. The maximum atomic E-state index is 13.9. The largest absolute Gasteiger partial charge is 0.336 e. The summed E-state index contributed by atoms with van der Waals surface area (Å²) >= 11 is 8.72. The molecule has 3 rings (SSSR count). The van der Waals surface area contributed by atoms with E-state index in [0.29, 0.717) is 11.0 Å². The van der Waals surface area contributed by atoms with Gasteiger partial charge in [0.15, 0.2) is 17.5 Å². The molecule has 1 N–H and O–H groups in total. The van der Waals surface area contributed by atoms with E-state index in [1.54, 1.807) is 6.07 Å². The molecule has 3 aromatic rings. The monoisotopic (exact) mass is 370 g/mol. The van der Waals surface area contributed by atoms with Crippen LogP contribution in [0.2, 0.25) is 5.02 Å². The summed E-state index contributed by atoms with van der Waals surface area (Å²) in [7, 11) is 0. The third kappa shape index (κ3) is 2.66. The van der Waals surface area contributed by atoms with Crippen LogP contribution < -0.4 is 5.32 Å². The number of halogens is 4. The van der Waals surface area contributed by atoms with E-state index >= 15 is 0 Å². The van der Waals surface area contributed by atoms with Gasteiger partial charge >= 0.3 is 0 Å². The molecule has 0 aliphatic carbocycles. The van der Waals surface area contributed by atoms with Gasteiger partial charge in [0, 0.05) is 6.07 Å². The molecule has 1 aromatic carbocycles. The first-order valence-electron chi connectivity index (χ1n) is 5.74. The molecule has 4 nitrogen and oxygen atoms in total. The van der Waals surface area contributed by atoms with Crippen LogP contribution in [0.15, 0.2) is 35.2 Å². The Balaban J connectivity index is 2.12. The van der Waals surface area contributed by atoms with Gasteiger partial charge in [0.05, 0.1) is 16.2 Å². The molecular weight excluding hydrogens is 366 g/mol. The van der Waals surface area contributed by atoms with Crippen LogP contribution in [0.4, 0.5) is 20.3 Å². The summed E-state index contributed by atoms with van der Waals surface area (Å²) in [6.45, 7) is 0. The van der Waals surface area contributed by atoms with Gasteiger partial charge in [-0.3, -0.25) is 0 Å². The van der Waals surface area contributed by atoms with Gasteiger partial charge in [0.1, 0.15) is 16.4 Å². The predicted octanol–water partition coefficient (Wildman–Crippen LogP) is 4.46. The minimum absolute atomic E-state index is 0.0152. The van der Waals surface area contributed by atoms with Crippen LogP contribution in [0.3, 0.4) is 0 Å². The summed E-state index contributed by atoms with van der Waals surface area (Å²) in [4.78, 5) is 12.0. The van der Waals surface area contributed by atoms with Gasteiger partial charge < -0.3 is 5.32 Å². The van der Waals surface area contributed by atoms with Crippen molar-refractivity contribution in [2.24, 2.45) is 0 Å². The Bertz CT molecular complexity index is 844. The predicted molar refractivity (Wildman–Crippen MR) is 79.7 cm³/mol. The Morgan fingerprint density at radius 2 is 2.00 bits per heavy atom. The summed E-state index contributed by atoms with van der Waals surface area (Å²) in [6, 6.07) is 5.76. The molecule has 0 aliphatic rings. The fourth-order valence-corrected chi connectivity index (χ4v) is 2.23. The molecule has 0 bridgehead atoms. The van der Waals surface area contributed by atoms with E-state index in [1.165, 1.54) is 24.5 Å². The van der Waals surface area contributed by atoms with Crippen molar-refractivity contribution in [1.82, 2.24) is 15.0 Å².